The van der Waals surface area contributed by atoms with Gasteiger partial charge in [-0.3, -0.25) is 14.9 Å². The number of nitro groups is 1. The third kappa shape index (κ3) is 4.41. The number of anilines is 1. The molecule has 7 nitrogen and oxygen atoms in total. The van der Waals surface area contributed by atoms with E-state index in [-0.39, 0.29) is 11.6 Å². The van der Waals surface area contributed by atoms with Crippen LogP contribution in [0.15, 0.2) is 83.5 Å². The van der Waals surface area contributed by atoms with Gasteiger partial charge in [-0.1, -0.05) is 48.0 Å². The predicted octanol–water partition coefficient (Wildman–Crippen LogP) is 5.29. The molecule has 0 aliphatic carbocycles. The Morgan fingerprint density at radius 3 is 2.53 bits per heavy atom. The van der Waals surface area contributed by atoms with E-state index in [2.05, 4.69) is 5.10 Å². The van der Waals surface area contributed by atoms with Crippen molar-refractivity contribution in [1.29, 1.82) is 0 Å². The van der Waals surface area contributed by atoms with E-state index < -0.39 is 4.92 Å². The van der Waals surface area contributed by atoms with Gasteiger partial charge in [-0.05, 0) is 43.7 Å². The van der Waals surface area contributed by atoms with Gasteiger partial charge in [0.2, 0.25) is 0 Å². The molecule has 32 heavy (non-hydrogen) atoms. The van der Waals surface area contributed by atoms with Crippen LogP contribution in [0.5, 0.6) is 5.75 Å². The van der Waals surface area contributed by atoms with Gasteiger partial charge >= 0.3 is 0 Å². The van der Waals surface area contributed by atoms with Gasteiger partial charge in [-0.25, -0.2) is 0 Å². The Kier molecular flexibility index (Phi) is 5.81. The maximum absolute atomic E-state index is 13.0. The van der Waals surface area contributed by atoms with E-state index >= 15 is 0 Å². The third-order valence-corrected chi connectivity index (χ3v) is 5.04. The average Bonchev–Trinajstić information content (AvgIpc) is 3.07. The summed E-state index contributed by atoms with van der Waals surface area (Å²) in [5, 5.41) is 17.0. The molecule has 0 unspecified atom stereocenters. The summed E-state index contributed by atoms with van der Waals surface area (Å²) in [6, 6.07) is 21.4. The molecule has 160 valence electrons. The van der Waals surface area contributed by atoms with Crippen LogP contribution in [-0.2, 0) is 11.4 Å². The summed E-state index contributed by atoms with van der Waals surface area (Å²) in [5.74, 6) is 0.146. The predicted molar refractivity (Wildman–Crippen MR) is 124 cm³/mol. The molecule has 0 fully saturated rings. The lowest BCUT2D eigenvalue weighted by Gasteiger charge is -2.12. The molecule has 1 heterocycles. The number of hydrogen-bond acceptors (Lipinski definition) is 5. The quantitative estimate of drug-likeness (QED) is 0.304. The molecule has 0 aromatic heterocycles. The van der Waals surface area contributed by atoms with Crippen LogP contribution in [0.3, 0.4) is 0 Å². The number of carbonyl (C=O) groups is 1. The largest absolute Gasteiger partial charge is 0.488 e. The van der Waals surface area contributed by atoms with E-state index in [0.717, 1.165) is 11.1 Å². The van der Waals surface area contributed by atoms with Crippen molar-refractivity contribution in [3.8, 4) is 5.75 Å². The molecule has 1 amide bonds. The smallest absolute Gasteiger partial charge is 0.280 e. The van der Waals surface area contributed by atoms with Gasteiger partial charge in [0.25, 0.3) is 11.6 Å². The highest BCUT2D eigenvalue weighted by molar-refractivity contribution is 6.32. The van der Waals surface area contributed by atoms with Crippen LogP contribution < -0.4 is 9.75 Å². The number of para-hydroxylation sites is 1. The molecule has 0 saturated heterocycles. The molecule has 1 aliphatic rings. The maximum atomic E-state index is 13.0. The lowest BCUT2D eigenvalue weighted by Crippen LogP contribution is -2.21. The van der Waals surface area contributed by atoms with Crippen LogP contribution in [0.25, 0.3) is 6.08 Å². The Labute approximate surface area is 185 Å². The van der Waals surface area contributed by atoms with Crippen molar-refractivity contribution in [3.05, 3.63) is 105 Å². The number of hydrogen-bond donors (Lipinski definition) is 0. The molecular weight excluding hydrogens is 406 g/mol. The van der Waals surface area contributed by atoms with E-state index in [0.29, 0.717) is 34.9 Å². The molecule has 3 aromatic rings. The summed E-state index contributed by atoms with van der Waals surface area (Å²) < 4.78 is 5.97. The van der Waals surface area contributed by atoms with Crippen molar-refractivity contribution in [2.45, 2.75) is 20.5 Å². The number of carbonyl (C=O) groups excluding carboxylic acids is 1. The summed E-state index contributed by atoms with van der Waals surface area (Å²) in [4.78, 5) is 23.9. The zero-order valence-electron chi connectivity index (χ0n) is 17.7. The Hall–Kier alpha value is -4.26. The van der Waals surface area contributed by atoms with E-state index in [9.17, 15) is 14.9 Å². The minimum Gasteiger partial charge on any atom is -0.488 e. The maximum Gasteiger partial charge on any atom is 0.280 e. The second kappa shape index (κ2) is 8.85. The van der Waals surface area contributed by atoms with Crippen LogP contribution in [0.2, 0.25) is 0 Å². The number of benzene rings is 3. The molecule has 0 atom stereocenters. The van der Waals surface area contributed by atoms with Gasteiger partial charge in [0, 0.05) is 17.7 Å². The molecule has 0 saturated carbocycles. The highest BCUT2D eigenvalue weighted by Gasteiger charge is 2.29. The number of amides is 1. The highest BCUT2D eigenvalue weighted by Crippen LogP contribution is 2.30. The summed E-state index contributed by atoms with van der Waals surface area (Å²) in [6.07, 6.45) is 1.60. The fraction of sp³-hybridized carbons (Fsp3) is 0.120. The van der Waals surface area contributed by atoms with Gasteiger partial charge in [0.1, 0.15) is 12.4 Å². The van der Waals surface area contributed by atoms with Crippen LogP contribution in [-0.4, -0.2) is 16.5 Å². The summed E-state index contributed by atoms with van der Waals surface area (Å²) >= 11 is 0. The second-order valence-corrected chi connectivity index (χ2v) is 7.45. The lowest BCUT2D eigenvalue weighted by molar-refractivity contribution is -0.384. The Bertz CT molecular complexity index is 1250. The molecule has 0 bridgehead atoms. The Morgan fingerprint density at radius 1 is 1.03 bits per heavy atom. The number of non-ortho nitro benzene ring substituents is 1. The van der Waals surface area contributed by atoms with E-state index in [4.69, 9.17) is 4.74 Å². The van der Waals surface area contributed by atoms with E-state index in [1.165, 1.54) is 17.1 Å². The van der Waals surface area contributed by atoms with Crippen molar-refractivity contribution < 1.29 is 14.5 Å². The minimum absolute atomic E-state index is 0.0836. The monoisotopic (exact) mass is 427 g/mol. The minimum atomic E-state index is -0.472. The van der Waals surface area contributed by atoms with Gasteiger partial charge in [0.15, 0.2) is 0 Å². The summed E-state index contributed by atoms with van der Waals surface area (Å²) in [6.45, 7) is 4.03. The zero-order chi connectivity index (χ0) is 22.7. The van der Waals surface area contributed by atoms with Crippen LogP contribution >= 0.6 is 0 Å². The second-order valence-electron chi connectivity index (χ2n) is 7.45. The van der Waals surface area contributed by atoms with Crippen molar-refractivity contribution in [3.63, 3.8) is 0 Å². The molecule has 7 heteroatoms. The molecule has 3 aromatic carbocycles. The van der Waals surface area contributed by atoms with Gasteiger partial charge in [-0.15, -0.1) is 0 Å². The molecule has 0 radical (unpaired) electrons. The van der Waals surface area contributed by atoms with E-state index in [1.54, 1.807) is 31.2 Å². The summed E-state index contributed by atoms with van der Waals surface area (Å²) in [7, 11) is 0. The first-order valence-corrected chi connectivity index (χ1v) is 10.1. The Morgan fingerprint density at radius 2 is 1.81 bits per heavy atom. The zero-order valence-corrected chi connectivity index (χ0v) is 17.7. The summed E-state index contributed by atoms with van der Waals surface area (Å²) in [5.41, 5.74) is 3.98. The van der Waals surface area contributed by atoms with Crippen LogP contribution in [0.1, 0.15) is 23.6 Å². The topological polar surface area (TPSA) is 85.0 Å². The van der Waals surface area contributed by atoms with Gasteiger partial charge in [0.05, 0.1) is 21.9 Å². The molecule has 0 N–H and O–H groups in total. The van der Waals surface area contributed by atoms with E-state index in [1.807, 2.05) is 49.4 Å². The standard InChI is InChI=1S/C25H21N3O4/c1-17-7-6-8-19(13-17)16-32-24-12-11-22(28(30)31)14-20(24)15-23-18(2)26-27(25(23)29)21-9-4-3-5-10-21/h3-15H,16H2,1-2H3. The average molecular weight is 427 g/mol. The number of ether oxygens (including phenoxy) is 1. The number of rotatable bonds is 6. The fourth-order valence-corrected chi connectivity index (χ4v) is 3.44. The first-order valence-electron chi connectivity index (χ1n) is 10.1. The highest BCUT2D eigenvalue weighted by atomic mass is 16.6. The first-order chi connectivity index (χ1) is 15.4. The van der Waals surface area contributed by atoms with Crippen molar-refractivity contribution in [1.82, 2.24) is 0 Å². The van der Waals surface area contributed by atoms with Gasteiger partial charge < -0.3 is 4.74 Å². The third-order valence-electron chi connectivity index (χ3n) is 5.04. The fourth-order valence-electron chi connectivity index (χ4n) is 3.44. The van der Waals surface area contributed by atoms with Crippen molar-refractivity contribution >= 4 is 29.1 Å². The van der Waals surface area contributed by atoms with Crippen molar-refractivity contribution in [2.75, 3.05) is 5.01 Å². The number of nitrogens with zero attached hydrogens (tertiary/aromatic N) is 3. The Balaban J connectivity index is 1.67. The normalized spacial score (nSPS) is 14.6. The van der Waals surface area contributed by atoms with Gasteiger partial charge in [-0.2, -0.15) is 10.1 Å². The SMILES string of the molecule is CC1=NN(c2ccccc2)C(=O)C1=Cc1cc([N+](=O)[O-])ccc1OCc1cccc(C)c1. The molecule has 1 aliphatic heterocycles. The molecule has 0 spiro atoms. The lowest BCUT2D eigenvalue weighted by atomic mass is 10.1. The number of nitro benzene ring substituents is 1. The van der Waals surface area contributed by atoms with Crippen LogP contribution in [0, 0.1) is 17.0 Å². The van der Waals surface area contributed by atoms with Crippen molar-refractivity contribution in [2.24, 2.45) is 5.10 Å². The number of hydrazone groups is 1. The first kappa shape index (κ1) is 21.0. The molecule has 4 rings (SSSR count). The van der Waals surface area contributed by atoms with Crippen LogP contribution in [0.4, 0.5) is 11.4 Å². The number of aryl methyl sites for hydroxylation is 1. The molecular formula is C25H21N3O4.